The topological polar surface area (TPSA) is 21.3 Å². The zero-order valence-electron chi connectivity index (χ0n) is 10.4. The normalized spacial score (nSPS) is 26.8. The Morgan fingerprint density at radius 3 is 2.73 bits per heavy atom. The molecule has 1 saturated heterocycles. The van der Waals surface area contributed by atoms with E-state index < -0.39 is 0 Å². The fourth-order valence-corrected chi connectivity index (χ4v) is 2.47. The number of hydrogen-bond donors (Lipinski definition) is 1. The number of nitrogens with one attached hydrogen (secondary N) is 1. The highest BCUT2D eigenvalue weighted by atomic mass is 16.5. The summed E-state index contributed by atoms with van der Waals surface area (Å²) in [5, 5.41) is 3.43. The van der Waals surface area contributed by atoms with Crippen molar-refractivity contribution < 1.29 is 4.74 Å². The van der Waals surface area contributed by atoms with Gasteiger partial charge in [-0.05, 0) is 25.8 Å². The minimum absolute atomic E-state index is 0.699. The van der Waals surface area contributed by atoms with Gasteiger partial charge in [-0.1, -0.05) is 39.0 Å². The molecule has 1 aliphatic heterocycles. The molecule has 1 fully saturated rings. The highest BCUT2D eigenvalue weighted by Gasteiger charge is 2.23. The highest BCUT2D eigenvalue weighted by molar-refractivity contribution is 4.78. The van der Waals surface area contributed by atoms with Gasteiger partial charge < -0.3 is 10.1 Å². The Morgan fingerprint density at radius 1 is 1.20 bits per heavy atom. The molecule has 1 rings (SSSR count). The number of hydrogen-bond acceptors (Lipinski definition) is 2. The zero-order valence-corrected chi connectivity index (χ0v) is 10.4. The Balaban J connectivity index is 2.07. The maximum Gasteiger partial charge on any atom is 0.0509 e. The molecule has 2 heteroatoms. The van der Waals surface area contributed by atoms with Gasteiger partial charge in [0.1, 0.15) is 0 Å². The number of unbranched alkanes of at least 4 members (excludes halogenated alkanes) is 4. The van der Waals surface area contributed by atoms with Crippen molar-refractivity contribution in [2.45, 2.75) is 57.9 Å². The van der Waals surface area contributed by atoms with Crippen LogP contribution in [0.1, 0.15) is 51.9 Å². The second-order valence-electron chi connectivity index (χ2n) is 4.72. The van der Waals surface area contributed by atoms with Crippen LogP contribution in [-0.2, 0) is 4.74 Å². The van der Waals surface area contributed by atoms with Crippen molar-refractivity contribution in [3.8, 4) is 0 Å². The van der Waals surface area contributed by atoms with E-state index in [1.54, 1.807) is 0 Å². The van der Waals surface area contributed by atoms with Gasteiger partial charge in [0.25, 0.3) is 0 Å². The van der Waals surface area contributed by atoms with Gasteiger partial charge in [0, 0.05) is 12.6 Å². The third kappa shape index (κ3) is 4.98. The predicted molar refractivity (Wildman–Crippen MR) is 65.1 cm³/mol. The van der Waals surface area contributed by atoms with E-state index in [4.69, 9.17) is 4.74 Å². The van der Waals surface area contributed by atoms with Gasteiger partial charge >= 0.3 is 0 Å². The Labute approximate surface area is 94.8 Å². The lowest BCUT2D eigenvalue weighted by molar-refractivity contribution is 0.0298. The second kappa shape index (κ2) is 8.12. The molecule has 2 nitrogen and oxygen atoms in total. The molecule has 0 aromatic carbocycles. The van der Waals surface area contributed by atoms with Crippen LogP contribution in [0.5, 0.6) is 0 Å². The van der Waals surface area contributed by atoms with Crippen LogP contribution in [0.2, 0.25) is 0 Å². The first-order valence-corrected chi connectivity index (χ1v) is 6.63. The minimum Gasteiger partial charge on any atom is -0.381 e. The molecule has 2 unspecified atom stereocenters. The van der Waals surface area contributed by atoms with E-state index in [1.807, 2.05) is 0 Å². The quantitative estimate of drug-likeness (QED) is 0.656. The van der Waals surface area contributed by atoms with E-state index in [-0.39, 0.29) is 0 Å². The molecule has 2 atom stereocenters. The average Bonchev–Trinajstić information content (AvgIpc) is 2.29. The molecule has 0 saturated carbocycles. The maximum absolute atomic E-state index is 5.55. The number of ether oxygens (including phenoxy) is 1. The molecule has 90 valence electrons. The Morgan fingerprint density at radius 2 is 2.00 bits per heavy atom. The van der Waals surface area contributed by atoms with Crippen LogP contribution in [0, 0.1) is 5.92 Å². The van der Waals surface area contributed by atoms with Gasteiger partial charge in [0.05, 0.1) is 6.61 Å². The molecule has 0 spiro atoms. The number of rotatable bonds is 7. The Kier molecular flexibility index (Phi) is 7.03. The lowest BCUT2D eigenvalue weighted by Crippen LogP contribution is -2.40. The monoisotopic (exact) mass is 213 g/mol. The molecule has 0 radical (unpaired) electrons. The van der Waals surface area contributed by atoms with E-state index in [0.29, 0.717) is 6.04 Å². The van der Waals surface area contributed by atoms with Gasteiger partial charge in [0.2, 0.25) is 0 Å². The molecular weight excluding hydrogens is 186 g/mol. The van der Waals surface area contributed by atoms with E-state index in [9.17, 15) is 0 Å². The molecular formula is C13H27NO. The highest BCUT2D eigenvalue weighted by Crippen LogP contribution is 2.21. The first kappa shape index (κ1) is 13.0. The summed E-state index contributed by atoms with van der Waals surface area (Å²) >= 11 is 0. The van der Waals surface area contributed by atoms with Crippen LogP contribution in [0.3, 0.4) is 0 Å². The van der Waals surface area contributed by atoms with E-state index >= 15 is 0 Å². The summed E-state index contributed by atoms with van der Waals surface area (Å²) in [5.41, 5.74) is 0. The molecule has 0 bridgehead atoms. The summed E-state index contributed by atoms with van der Waals surface area (Å²) in [6, 6.07) is 0.699. The predicted octanol–water partition coefficient (Wildman–Crippen LogP) is 2.97. The summed E-state index contributed by atoms with van der Waals surface area (Å²) in [4.78, 5) is 0. The largest absolute Gasteiger partial charge is 0.381 e. The van der Waals surface area contributed by atoms with Crippen LogP contribution in [-0.4, -0.2) is 26.3 Å². The fraction of sp³-hybridized carbons (Fsp3) is 1.00. The van der Waals surface area contributed by atoms with Crippen molar-refractivity contribution in [3.05, 3.63) is 0 Å². The summed E-state index contributed by atoms with van der Waals surface area (Å²) < 4.78 is 5.55. The average molecular weight is 213 g/mol. The van der Waals surface area contributed by atoms with Crippen LogP contribution >= 0.6 is 0 Å². The first-order valence-electron chi connectivity index (χ1n) is 6.63. The van der Waals surface area contributed by atoms with E-state index in [1.165, 1.54) is 44.9 Å². The van der Waals surface area contributed by atoms with Crippen molar-refractivity contribution in [1.82, 2.24) is 5.32 Å². The van der Waals surface area contributed by atoms with Gasteiger partial charge in [-0.25, -0.2) is 0 Å². The van der Waals surface area contributed by atoms with Crippen molar-refractivity contribution in [2.75, 3.05) is 20.3 Å². The molecule has 1 N–H and O–H groups in total. The first-order chi connectivity index (χ1) is 7.38. The van der Waals surface area contributed by atoms with Crippen LogP contribution in [0.25, 0.3) is 0 Å². The van der Waals surface area contributed by atoms with Crippen molar-refractivity contribution in [1.29, 1.82) is 0 Å². The third-order valence-corrected chi connectivity index (χ3v) is 3.52. The van der Waals surface area contributed by atoms with Crippen molar-refractivity contribution in [2.24, 2.45) is 5.92 Å². The maximum atomic E-state index is 5.55. The third-order valence-electron chi connectivity index (χ3n) is 3.52. The molecule has 0 aromatic rings. The van der Waals surface area contributed by atoms with Gasteiger partial charge in [-0.3, -0.25) is 0 Å². The van der Waals surface area contributed by atoms with E-state index in [2.05, 4.69) is 19.3 Å². The lowest BCUT2D eigenvalue weighted by Gasteiger charge is -2.31. The van der Waals surface area contributed by atoms with Crippen LogP contribution in [0.15, 0.2) is 0 Å². The SMILES string of the molecule is CCCCCCCC1COCCC1NC. The zero-order chi connectivity index (χ0) is 10.9. The van der Waals surface area contributed by atoms with Crippen molar-refractivity contribution >= 4 is 0 Å². The molecule has 1 heterocycles. The van der Waals surface area contributed by atoms with Gasteiger partial charge in [0.15, 0.2) is 0 Å². The second-order valence-corrected chi connectivity index (χ2v) is 4.72. The summed E-state index contributed by atoms with van der Waals surface area (Å²) in [6.45, 7) is 4.18. The molecule has 0 aliphatic carbocycles. The molecule has 0 aromatic heterocycles. The Bertz CT molecular complexity index is 149. The minimum atomic E-state index is 0.699. The molecule has 1 aliphatic rings. The van der Waals surface area contributed by atoms with Gasteiger partial charge in [-0.15, -0.1) is 0 Å². The fourth-order valence-electron chi connectivity index (χ4n) is 2.47. The lowest BCUT2D eigenvalue weighted by atomic mass is 9.90. The van der Waals surface area contributed by atoms with Crippen LogP contribution in [0.4, 0.5) is 0 Å². The van der Waals surface area contributed by atoms with Crippen LogP contribution < -0.4 is 5.32 Å². The standard InChI is InChI=1S/C13H27NO/c1-3-4-5-6-7-8-12-11-15-10-9-13(12)14-2/h12-14H,3-11H2,1-2H3. The molecule has 15 heavy (non-hydrogen) atoms. The van der Waals surface area contributed by atoms with Crippen molar-refractivity contribution in [3.63, 3.8) is 0 Å². The summed E-state index contributed by atoms with van der Waals surface area (Å²) in [5.74, 6) is 0.755. The Hall–Kier alpha value is -0.0800. The molecule has 0 amide bonds. The summed E-state index contributed by atoms with van der Waals surface area (Å²) in [7, 11) is 2.08. The summed E-state index contributed by atoms with van der Waals surface area (Å²) in [6.07, 6.45) is 9.47. The van der Waals surface area contributed by atoms with E-state index in [0.717, 1.165) is 19.1 Å². The van der Waals surface area contributed by atoms with Gasteiger partial charge in [-0.2, -0.15) is 0 Å². The smallest absolute Gasteiger partial charge is 0.0509 e.